The number of allylic oxidation sites excluding steroid dienone is 1. The summed E-state index contributed by atoms with van der Waals surface area (Å²) in [7, 11) is 0. The number of hydrogen-bond donors (Lipinski definition) is 2. The Hall–Kier alpha value is -3.02. The molecule has 0 aliphatic carbocycles. The zero-order valence-electron chi connectivity index (χ0n) is 13.2. The van der Waals surface area contributed by atoms with Gasteiger partial charge in [0.2, 0.25) is 0 Å². The Labute approximate surface area is 134 Å². The van der Waals surface area contributed by atoms with Crippen molar-refractivity contribution in [1.82, 2.24) is 9.97 Å². The molecule has 2 aromatic heterocycles. The Morgan fingerprint density at radius 1 is 1.17 bits per heavy atom. The van der Waals surface area contributed by atoms with Crippen molar-refractivity contribution in [3.8, 4) is 0 Å². The lowest BCUT2D eigenvalue weighted by Crippen LogP contribution is -2.17. The molecule has 118 valence electrons. The van der Waals surface area contributed by atoms with Gasteiger partial charge in [0.15, 0.2) is 5.82 Å². The number of anilines is 1. The number of rotatable bonds is 4. The Morgan fingerprint density at radius 3 is 2.43 bits per heavy atom. The molecular weight excluding hydrogens is 292 g/mol. The van der Waals surface area contributed by atoms with E-state index >= 15 is 0 Å². The molecule has 0 spiro atoms. The quantitative estimate of drug-likeness (QED) is 0.515. The van der Waals surface area contributed by atoms with Crippen LogP contribution in [0.5, 0.6) is 0 Å². The van der Waals surface area contributed by atoms with E-state index in [-0.39, 0.29) is 11.3 Å². The van der Waals surface area contributed by atoms with Crippen molar-refractivity contribution < 1.29 is 9.90 Å². The predicted octanol–water partition coefficient (Wildman–Crippen LogP) is 3.27. The summed E-state index contributed by atoms with van der Waals surface area (Å²) in [5.74, 6) is 0.257. The van der Waals surface area contributed by atoms with Crippen molar-refractivity contribution in [1.29, 1.82) is 0 Å². The fourth-order valence-electron chi connectivity index (χ4n) is 1.83. The van der Waals surface area contributed by atoms with Crippen LogP contribution in [0.15, 0.2) is 53.0 Å². The number of aliphatic imine (C=N–C) groups is 1. The van der Waals surface area contributed by atoms with Crippen LogP contribution >= 0.6 is 0 Å². The van der Waals surface area contributed by atoms with Gasteiger partial charge in [-0.1, -0.05) is 0 Å². The molecule has 0 aromatic carbocycles. The maximum Gasteiger partial charge on any atom is 0.261 e. The molecule has 0 aliphatic heterocycles. The van der Waals surface area contributed by atoms with Crippen LogP contribution in [0.4, 0.5) is 11.6 Å². The summed E-state index contributed by atoms with van der Waals surface area (Å²) in [4.78, 5) is 24.5. The van der Waals surface area contributed by atoms with Crippen LogP contribution < -0.4 is 5.32 Å². The topological polar surface area (TPSA) is 87.5 Å². The zero-order chi connectivity index (χ0) is 16.8. The summed E-state index contributed by atoms with van der Waals surface area (Å²) in [6.07, 6.45) is 4.53. The van der Waals surface area contributed by atoms with Gasteiger partial charge in [-0.05, 0) is 56.2 Å². The molecule has 0 bridgehead atoms. The second kappa shape index (κ2) is 7.31. The molecule has 23 heavy (non-hydrogen) atoms. The number of aryl methyl sites for hydroxylation is 2. The molecule has 6 nitrogen and oxygen atoms in total. The van der Waals surface area contributed by atoms with Crippen LogP contribution in [0.2, 0.25) is 0 Å². The average molecular weight is 310 g/mol. The van der Waals surface area contributed by atoms with Crippen molar-refractivity contribution in [2.24, 2.45) is 4.99 Å². The fraction of sp³-hybridized carbons (Fsp3) is 0.176. The lowest BCUT2D eigenvalue weighted by Gasteiger charge is -2.06. The third-order valence-corrected chi connectivity index (χ3v) is 3.02. The number of aliphatic hydroxyl groups is 1. The van der Waals surface area contributed by atoms with Gasteiger partial charge in [-0.15, -0.1) is 0 Å². The van der Waals surface area contributed by atoms with E-state index in [0.717, 1.165) is 11.1 Å². The highest BCUT2D eigenvalue weighted by Crippen LogP contribution is 2.12. The molecule has 6 heteroatoms. The van der Waals surface area contributed by atoms with Gasteiger partial charge in [-0.3, -0.25) is 4.79 Å². The lowest BCUT2D eigenvalue weighted by molar-refractivity contribution is -0.112. The maximum absolute atomic E-state index is 12.3. The Morgan fingerprint density at radius 2 is 1.83 bits per heavy atom. The third kappa shape index (κ3) is 4.74. The number of aliphatic hydroxyl groups excluding tert-OH is 1. The summed E-state index contributed by atoms with van der Waals surface area (Å²) < 4.78 is 0. The van der Waals surface area contributed by atoms with E-state index in [0.29, 0.717) is 11.6 Å². The Balaban J connectivity index is 2.19. The minimum Gasteiger partial charge on any atom is -0.512 e. The first kappa shape index (κ1) is 16.4. The standard InChI is InChI=1S/C17H18N4O2/c1-11-4-6-18-15(8-11)20-10-14(13(3)22)17(23)21-16-9-12(2)5-7-19-16/h4-10,22H,1-3H3,(H,19,21,23)/b14-13-,20-10?. The highest BCUT2D eigenvalue weighted by atomic mass is 16.3. The molecule has 2 heterocycles. The minimum absolute atomic E-state index is 0.0524. The summed E-state index contributed by atoms with van der Waals surface area (Å²) in [6.45, 7) is 5.25. The van der Waals surface area contributed by atoms with E-state index in [2.05, 4.69) is 20.3 Å². The van der Waals surface area contributed by atoms with E-state index in [1.165, 1.54) is 13.1 Å². The largest absolute Gasteiger partial charge is 0.512 e. The summed E-state index contributed by atoms with van der Waals surface area (Å²) in [5, 5.41) is 12.4. The molecule has 0 fully saturated rings. The van der Waals surface area contributed by atoms with Crippen molar-refractivity contribution in [3.05, 3.63) is 59.1 Å². The first-order valence-corrected chi connectivity index (χ1v) is 7.06. The van der Waals surface area contributed by atoms with Gasteiger partial charge < -0.3 is 10.4 Å². The summed E-state index contributed by atoms with van der Waals surface area (Å²) in [6, 6.07) is 7.19. The highest BCUT2D eigenvalue weighted by Gasteiger charge is 2.12. The molecule has 0 atom stereocenters. The minimum atomic E-state index is -0.487. The van der Waals surface area contributed by atoms with Gasteiger partial charge in [-0.2, -0.15) is 0 Å². The first-order valence-electron chi connectivity index (χ1n) is 7.06. The van der Waals surface area contributed by atoms with Crippen LogP contribution in [-0.2, 0) is 4.79 Å². The third-order valence-electron chi connectivity index (χ3n) is 3.02. The molecule has 0 unspecified atom stereocenters. The van der Waals surface area contributed by atoms with Gasteiger partial charge in [0.1, 0.15) is 11.6 Å². The van der Waals surface area contributed by atoms with Crippen LogP contribution in [0.1, 0.15) is 18.1 Å². The number of nitrogens with one attached hydrogen (secondary N) is 1. The van der Waals surface area contributed by atoms with Crippen molar-refractivity contribution in [3.63, 3.8) is 0 Å². The fourth-order valence-corrected chi connectivity index (χ4v) is 1.83. The second-order valence-corrected chi connectivity index (χ2v) is 5.12. The SMILES string of the molecule is C/C(O)=C(\C=Nc1cc(C)ccn1)C(=O)Nc1cc(C)ccn1. The van der Waals surface area contributed by atoms with Crippen LogP contribution in [0.25, 0.3) is 0 Å². The summed E-state index contributed by atoms with van der Waals surface area (Å²) >= 11 is 0. The van der Waals surface area contributed by atoms with Gasteiger partial charge in [0, 0.05) is 18.6 Å². The molecule has 0 aliphatic rings. The van der Waals surface area contributed by atoms with Crippen LogP contribution in [-0.4, -0.2) is 27.2 Å². The van der Waals surface area contributed by atoms with E-state index in [4.69, 9.17) is 0 Å². The normalized spacial score (nSPS) is 12.1. The molecule has 2 N–H and O–H groups in total. The van der Waals surface area contributed by atoms with E-state index in [9.17, 15) is 9.90 Å². The van der Waals surface area contributed by atoms with Crippen LogP contribution in [0, 0.1) is 13.8 Å². The van der Waals surface area contributed by atoms with Gasteiger partial charge in [-0.25, -0.2) is 15.0 Å². The highest BCUT2D eigenvalue weighted by molar-refractivity contribution is 6.18. The molecule has 0 radical (unpaired) electrons. The number of hydrogen-bond acceptors (Lipinski definition) is 5. The Bertz CT molecular complexity index is 778. The van der Waals surface area contributed by atoms with Crippen molar-refractivity contribution >= 4 is 23.8 Å². The first-order chi connectivity index (χ1) is 11.0. The molecule has 0 saturated heterocycles. The number of nitrogens with zero attached hydrogens (tertiary/aromatic N) is 3. The number of pyridine rings is 2. The van der Waals surface area contributed by atoms with Gasteiger partial charge in [0.25, 0.3) is 5.91 Å². The average Bonchev–Trinajstić information content (AvgIpc) is 2.47. The van der Waals surface area contributed by atoms with Crippen molar-refractivity contribution in [2.75, 3.05) is 5.32 Å². The number of amides is 1. The molecule has 1 amide bonds. The van der Waals surface area contributed by atoms with E-state index < -0.39 is 5.91 Å². The molecule has 2 aromatic rings. The number of aromatic nitrogens is 2. The van der Waals surface area contributed by atoms with Crippen molar-refractivity contribution in [2.45, 2.75) is 20.8 Å². The number of carbonyl (C=O) groups excluding carboxylic acids is 1. The van der Waals surface area contributed by atoms with Gasteiger partial charge in [0.05, 0.1) is 5.57 Å². The molecule has 0 saturated carbocycles. The summed E-state index contributed by atoms with van der Waals surface area (Å²) in [5.41, 5.74) is 2.03. The molecular formula is C17H18N4O2. The zero-order valence-corrected chi connectivity index (χ0v) is 13.2. The van der Waals surface area contributed by atoms with Gasteiger partial charge >= 0.3 is 0 Å². The van der Waals surface area contributed by atoms with E-state index in [1.54, 1.807) is 24.5 Å². The predicted molar refractivity (Wildman–Crippen MR) is 90.1 cm³/mol. The molecule has 2 rings (SSSR count). The number of carbonyl (C=O) groups is 1. The maximum atomic E-state index is 12.3. The smallest absolute Gasteiger partial charge is 0.261 e. The lowest BCUT2D eigenvalue weighted by atomic mass is 10.2. The monoisotopic (exact) mass is 310 g/mol. The second-order valence-electron chi connectivity index (χ2n) is 5.12. The van der Waals surface area contributed by atoms with Crippen LogP contribution in [0.3, 0.4) is 0 Å². The Kier molecular flexibility index (Phi) is 5.19. The van der Waals surface area contributed by atoms with E-state index in [1.807, 2.05) is 26.0 Å².